The molecule has 1 aliphatic heterocycles. The number of likely N-dealkylation sites (N-methyl/N-ethyl adjacent to an activating group) is 1. The van der Waals surface area contributed by atoms with Crippen molar-refractivity contribution in [3.8, 4) is 0 Å². The third-order valence-electron chi connectivity index (χ3n) is 2.86. The van der Waals surface area contributed by atoms with Gasteiger partial charge < -0.3 is 10.2 Å². The minimum atomic E-state index is 0.510. The van der Waals surface area contributed by atoms with Crippen LogP contribution in [0.4, 0.5) is 0 Å². The van der Waals surface area contributed by atoms with E-state index in [1.54, 1.807) is 0 Å². The second-order valence-corrected chi connectivity index (χ2v) is 4.93. The van der Waals surface area contributed by atoms with E-state index in [2.05, 4.69) is 31.0 Å². The lowest BCUT2D eigenvalue weighted by molar-refractivity contribution is 0.0263. The summed E-state index contributed by atoms with van der Waals surface area (Å²) in [6.45, 7) is 11.9. The third-order valence-corrected chi connectivity index (χ3v) is 2.86. The van der Waals surface area contributed by atoms with Crippen LogP contribution in [-0.2, 0) is 0 Å². The van der Waals surface area contributed by atoms with Gasteiger partial charge in [0, 0.05) is 26.2 Å². The molecule has 72 valence electrons. The molecule has 12 heavy (non-hydrogen) atoms. The molecule has 0 aromatic carbocycles. The number of rotatable bonds is 3. The molecule has 0 aromatic heterocycles. The van der Waals surface area contributed by atoms with Gasteiger partial charge in [0.1, 0.15) is 0 Å². The summed E-state index contributed by atoms with van der Waals surface area (Å²) in [7, 11) is 2.01. The molecule has 0 aliphatic carbocycles. The lowest BCUT2D eigenvalue weighted by Gasteiger charge is -2.46. The average Bonchev–Trinajstić information content (AvgIpc) is 1.81. The first kappa shape index (κ1) is 10.0. The molecule has 0 aromatic rings. The predicted molar refractivity (Wildman–Crippen MR) is 53.3 cm³/mol. The Bertz CT molecular complexity index is 131. The Balaban J connectivity index is 2.12. The van der Waals surface area contributed by atoms with Crippen molar-refractivity contribution >= 4 is 0 Å². The summed E-state index contributed by atoms with van der Waals surface area (Å²) in [6, 6.07) is 0. The van der Waals surface area contributed by atoms with E-state index in [1.165, 1.54) is 19.6 Å². The molecular weight excluding hydrogens is 148 g/mol. The summed E-state index contributed by atoms with van der Waals surface area (Å²) in [4.78, 5) is 2.52. The van der Waals surface area contributed by atoms with E-state index >= 15 is 0 Å². The Morgan fingerprint density at radius 1 is 1.33 bits per heavy atom. The molecule has 2 heteroatoms. The molecule has 0 atom stereocenters. The molecule has 1 aliphatic rings. The Morgan fingerprint density at radius 2 is 1.92 bits per heavy atom. The fourth-order valence-electron chi connectivity index (χ4n) is 1.57. The van der Waals surface area contributed by atoms with Crippen molar-refractivity contribution in [3.05, 3.63) is 0 Å². The van der Waals surface area contributed by atoms with E-state index in [9.17, 15) is 0 Å². The van der Waals surface area contributed by atoms with Crippen molar-refractivity contribution in [2.75, 3.05) is 33.2 Å². The van der Waals surface area contributed by atoms with Gasteiger partial charge in [0.05, 0.1) is 0 Å². The van der Waals surface area contributed by atoms with Crippen LogP contribution in [0, 0.1) is 11.3 Å². The van der Waals surface area contributed by atoms with E-state index in [1.807, 2.05) is 7.05 Å². The average molecular weight is 170 g/mol. The monoisotopic (exact) mass is 170 g/mol. The summed E-state index contributed by atoms with van der Waals surface area (Å²) < 4.78 is 0. The maximum atomic E-state index is 3.18. The van der Waals surface area contributed by atoms with Crippen LogP contribution in [0.1, 0.15) is 20.8 Å². The first-order valence-electron chi connectivity index (χ1n) is 4.91. The van der Waals surface area contributed by atoms with Gasteiger partial charge in [-0.1, -0.05) is 20.8 Å². The van der Waals surface area contributed by atoms with Crippen molar-refractivity contribution in [3.63, 3.8) is 0 Å². The highest BCUT2D eigenvalue weighted by atomic mass is 15.2. The second-order valence-electron chi connectivity index (χ2n) is 4.93. The number of hydrogen-bond donors (Lipinski definition) is 1. The number of nitrogens with zero attached hydrogens (tertiary/aromatic N) is 1. The zero-order valence-electron chi connectivity index (χ0n) is 8.85. The number of nitrogens with one attached hydrogen (secondary N) is 1. The quantitative estimate of drug-likeness (QED) is 0.684. The zero-order valence-corrected chi connectivity index (χ0v) is 8.85. The van der Waals surface area contributed by atoms with Gasteiger partial charge in [-0.3, -0.25) is 0 Å². The van der Waals surface area contributed by atoms with Crippen molar-refractivity contribution in [2.24, 2.45) is 11.3 Å². The highest BCUT2D eigenvalue weighted by molar-refractivity contribution is 4.87. The Kier molecular flexibility index (Phi) is 3.13. The lowest BCUT2D eigenvalue weighted by Crippen LogP contribution is -2.53. The van der Waals surface area contributed by atoms with Crippen molar-refractivity contribution in [1.82, 2.24) is 10.2 Å². The normalized spacial score (nSPS) is 21.0. The van der Waals surface area contributed by atoms with Crippen molar-refractivity contribution < 1.29 is 0 Å². The summed E-state index contributed by atoms with van der Waals surface area (Å²) in [6.07, 6.45) is 0. The van der Waals surface area contributed by atoms with Crippen LogP contribution in [0.15, 0.2) is 0 Å². The third kappa shape index (κ3) is 2.46. The van der Waals surface area contributed by atoms with Crippen LogP contribution in [0.3, 0.4) is 0 Å². The molecule has 0 unspecified atom stereocenters. The van der Waals surface area contributed by atoms with E-state index in [0.29, 0.717) is 5.41 Å². The Labute approximate surface area is 76.3 Å². The van der Waals surface area contributed by atoms with Gasteiger partial charge in [0.25, 0.3) is 0 Å². The molecular formula is C10H22N2. The topological polar surface area (TPSA) is 15.3 Å². The van der Waals surface area contributed by atoms with Crippen LogP contribution in [0.25, 0.3) is 0 Å². The van der Waals surface area contributed by atoms with E-state index in [0.717, 1.165) is 12.5 Å². The maximum Gasteiger partial charge on any atom is 0.0107 e. The Morgan fingerprint density at radius 3 is 2.33 bits per heavy atom. The van der Waals surface area contributed by atoms with Gasteiger partial charge >= 0.3 is 0 Å². The molecule has 1 fully saturated rings. The maximum absolute atomic E-state index is 3.18. The standard InChI is InChI=1S/C10H22N2/c1-10(2,3)9-7-12(8-9)6-5-11-4/h9,11H,5-8H2,1-4H3. The van der Waals surface area contributed by atoms with Gasteiger partial charge in [-0.05, 0) is 18.4 Å². The van der Waals surface area contributed by atoms with Gasteiger partial charge in [0.2, 0.25) is 0 Å². The SMILES string of the molecule is CNCCN1CC(C(C)(C)C)C1. The van der Waals surface area contributed by atoms with Gasteiger partial charge in [-0.2, -0.15) is 0 Å². The fourth-order valence-corrected chi connectivity index (χ4v) is 1.57. The first-order chi connectivity index (χ1) is 5.54. The van der Waals surface area contributed by atoms with Gasteiger partial charge in [0.15, 0.2) is 0 Å². The van der Waals surface area contributed by atoms with Crippen LogP contribution in [0.2, 0.25) is 0 Å². The fraction of sp³-hybridized carbons (Fsp3) is 1.00. The van der Waals surface area contributed by atoms with Crippen LogP contribution in [0.5, 0.6) is 0 Å². The molecule has 0 amide bonds. The van der Waals surface area contributed by atoms with Crippen LogP contribution >= 0.6 is 0 Å². The molecule has 0 spiro atoms. The molecule has 0 bridgehead atoms. The summed E-state index contributed by atoms with van der Waals surface area (Å²) in [5.74, 6) is 0.911. The minimum Gasteiger partial charge on any atom is -0.318 e. The predicted octanol–water partition coefficient (Wildman–Crippen LogP) is 1.18. The zero-order chi connectivity index (χ0) is 9.19. The van der Waals surface area contributed by atoms with Gasteiger partial charge in [-0.15, -0.1) is 0 Å². The summed E-state index contributed by atoms with van der Waals surface area (Å²) in [5.41, 5.74) is 0.510. The Hall–Kier alpha value is -0.0800. The largest absolute Gasteiger partial charge is 0.318 e. The van der Waals surface area contributed by atoms with E-state index < -0.39 is 0 Å². The van der Waals surface area contributed by atoms with Crippen LogP contribution < -0.4 is 5.32 Å². The van der Waals surface area contributed by atoms with Gasteiger partial charge in [-0.25, -0.2) is 0 Å². The lowest BCUT2D eigenvalue weighted by atomic mass is 9.76. The first-order valence-corrected chi connectivity index (χ1v) is 4.91. The summed E-state index contributed by atoms with van der Waals surface area (Å²) >= 11 is 0. The molecule has 0 saturated carbocycles. The highest BCUT2D eigenvalue weighted by Gasteiger charge is 2.34. The molecule has 1 rings (SSSR count). The molecule has 1 N–H and O–H groups in total. The summed E-state index contributed by atoms with van der Waals surface area (Å²) in [5, 5.41) is 3.18. The molecule has 0 radical (unpaired) electrons. The molecule has 1 heterocycles. The molecule has 2 nitrogen and oxygen atoms in total. The van der Waals surface area contributed by atoms with Crippen LogP contribution in [-0.4, -0.2) is 38.1 Å². The number of hydrogen-bond acceptors (Lipinski definition) is 2. The number of likely N-dealkylation sites (tertiary alicyclic amines) is 1. The van der Waals surface area contributed by atoms with E-state index in [4.69, 9.17) is 0 Å². The highest BCUT2D eigenvalue weighted by Crippen LogP contribution is 2.32. The van der Waals surface area contributed by atoms with E-state index in [-0.39, 0.29) is 0 Å². The smallest absolute Gasteiger partial charge is 0.0107 e. The van der Waals surface area contributed by atoms with Crippen molar-refractivity contribution in [2.45, 2.75) is 20.8 Å². The van der Waals surface area contributed by atoms with Crippen molar-refractivity contribution in [1.29, 1.82) is 0 Å². The molecule has 1 saturated heterocycles. The minimum absolute atomic E-state index is 0.510. The second kappa shape index (κ2) is 3.75.